The summed E-state index contributed by atoms with van der Waals surface area (Å²) in [6, 6.07) is -1.99. The predicted octanol–water partition coefficient (Wildman–Crippen LogP) is -3.58. The number of ketones is 1. The second kappa shape index (κ2) is 6.27. The Morgan fingerprint density at radius 3 is 2.63 bits per heavy atom. The van der Waals surface area contributed by atoms with Gasteiger partial charge in [-0.2, -0.15) is 0 Å². The Morgan fingerprint density at radius 2 is 2.16 bits per heavy atom. The summed E-state index contributed by atoms with van der Waals surface area (Å²) in [6.07, 6.45) is 0. The van der Waals surface area contributed by atoms with Crippen LogP contribution < -0.4 is 22.1 Å². The third kappa shape index (κ3) is 3.28. The number of carbonyl (C=O) groups excluding carboxylic acids is 3. The SMILES string of the molecule is NC[C@@H]1NC(=O)C(C(=O)[CH]NC(=O)[C@@H](N)CO)=C1O. The van der Waals surface area contributed by atoms with Gasteiger partial charge >= 0.3 is 0 Å². The monoisotopic (exact) mass is 271 g/mol. The first-order chi connectivity index (χ1) is 8.92. The molecule has 0 aromatic rings. The third-order valence-electron chi connectivity index (χ3n) is 2.48. The molecule has 0 spiro atoms. The molecule has 2 atom stereocenters. The van der Waals surface area contributed by atoms with Gasteiger partial charge in [-0.1, -0.05) is 0 Å². The number of aliphatic hydroxyl groups excluding tert-OH is 2. The van der Waals surface area contributed by atoms with Gasteiger partial charge in [0, 0.05) is 6.54 Å². The van der Waals surface area contributed by atoms with Crippen LogP contribution in [0.25, 0.3) is 0 Å². The van der Waals surface area contributed by atoms with Crippen LogP contribution in [0.2, 0.25) is 0 Å². The Hall–Kier alpha value is -1.97. The minimum Gasteiger partial charge on any atom is -0.509 e. The van der Waals surface area contributed by atoms with Crippen LogP contribution in [-0.2, 0) is 14.4 Å². The third-order valence-corrected chi connectivity index (χ3v) is 2.48. The molecular formula is C10H15N4O5. The highest BCUT2D eigenvalue weighted by molar-refractivity contribution is 6.24. The topological polar surface area (TPSA) is 168 Å². The zero-order valence-corrected chi connectivity index (χ0v) is 9.92. The van der Waals surface area contributed by atoms with E-state index in [1.807, 2.05) is 5.32 Å². The number of nitrogens with one attached hydrogen (secondary N) is 2. The lowest BCUT2D eigenvalue weighted by Crippen LogP contribution is -2.43. The second-order valence-electron chi connectivity index (χ2n) is 3.83. The number of hydrogen-bond acceptors (Lipinski definition) is 7. The summed E-state index contributed by atoms with van der Waals surface area (Å²) >= 11 is 0. The van der Waals surface area contributed by atoms with E-state index in [2.05, 4.69) is 5.32 Å². The van der Waals surface area contributed by atoms with Crippen LogP contribution in [0.5, 0.6) is 0 Å². The van der Waals surface area contributed by atoms with Crippen molar-refractivity contribution in [2.24, 2.45) is 11.5 Å². The lowest BCUT2D eigenvalue weighted by atomic mass is 10.1. The number of nitrogens with two attached hydrogens (primary N) is 2. The average Bonchev–Trinajstić information content (AvgIpc) is 2.69. The number of hydrogen-bond donors (Lipinski definition) is 6. The molecule has 0 aromatic heterocycles. The molecule has 9 heteroatoms. The summed E-state index contributed by atoms with van der Waals surface area (Å²) in [7, 11) is 0. The standard InChI is InChI=1S/C10H15N4O5/c11-1-5-8(17)7(10(19)14-5)6(16)2-13-9(18)4(12)3-15/h2,4-5,15,17H,1,3,11-12H2,(H,13,18)(H,14,19)/t4-,5-/m0/s1. The predicted molar refractivity (Wildman–Crippen MR) is 63.2 cm³/mol. The van der Waals surface area contributed by atoms with E-state index < -0.39 is 47.6 Å². The van der Waals surface area contributed by atoms with Crippen molar-refractivity contribution in [3.05, 3.63) is 17.9 Å². The number of amides is 2. The summed E-state index contributed by atoms with van der Waals surface area (Å²) in [4.78, 5) is 34.3. The van der Waals surface area contributed by atoms with Crippen molar-refractivity contribution in [2.45, 2.75) is 12.1 Å². The van der Waals surface area contributed by atoms with Gasteiger partial charge in [-0.05, 0) is 0 Å². The van der Waals surface area contributed by atoms with Crippen LogP contribution in [0.4, 0.5) is 0 Å². The van der Waals surface area contributed by atoms with Gasteiger partial charge in [-0.15, -0.1) is 0 Å². The molecule has 1 heterocycles. The minimum absolute atomic E-state index is 0.0594. The molecule has 0 unspecified atom stereocenters. The van der Waals surface area contributed by atoms with Gasteiger partial charge < -0.3 is 32.3 Å². The molecule has 0 saturated carbocycles. The van der Waals surface area contributed by atoms with Crippen molar-refractivity contribution in [1.82, 2.24) is 10.6 Å². The van der Waals surface area contributed by atoms with Gasteiger partial charge in [0.05, 0.1) is 12.6 Å². The van der Waals surface area contributed by atoms with Crippen molar-refractivity contribution in [3.63, 3.8) is 0 Å². The van der Waals surface area contributed by atoms with Crippen LogP contribution in [0.1, 0.15) is 0 Å². The van der Waals surface area contributed by atoms with Crippen molar-refractivity contribution in [2.75, 3.05) is 13.2 Å². The van der Waals surface area contributed by atoms with E-state index in [-0.39, 0.29) is 6.54 Å². The second-order valence-corrected chi connectivity index (χ2v) is 3.83. The highest BCUT2D eigenvalue weighted by atomic mass is 16.3. The number of aliphatic hydroxyl groups is 2. The minimum atomic E-state index is -1.18. The summed E-state index contributed by atoms with van der Waals surface area (Å²) in [6.45, 7) is 0.0511. The highest BCUT2D eigenvalue weighted by Crippen LogP contribution is 2.15. The van der Waals surface area contributed by atoms with Crippen LogP contribution in [0, 0.1) is 6.54 Å². The molecule has 0 aliphatic carbocycles. The Balaban J connectivity index is 2.66. The molecule has 0 fully saturated rings. The first kappa shape index (κ1) is 15.1. The molecule has 1 rings (SSSR count). The van der Waals surface area contributed by atoms with Crippen LogP contribution in [0.15, 0.2) is 11.3 Å². The Bertz CT molecular complexity index is 434. The maximum atomic E-state index is 11.6. The van der Waals surface area contributed by atoms with Crippen molar-refractivity contribution in [1.29, 1.82) is 0 Å². The molecule has 19 heavy (non-hydrogen) atoms. The molecule has 105 valence electrons. The average molecular weight is 271 g/mol. The largest absolute Gasteiger partial charge is 0.509 e. The van der Waals surface area contributed by atoms with Gasteiger partial charge in [0.25, 0.3) is 5.91 Å². The van der Waals surface area contributed by atoms with E-state index in [0.29, 0.717) is 6.54 Å². The fourth-order valence-corrected chi connectivity index (χ4v) is 1.40. The van der Waals surface area contributed by atoms with Crippen molar-refractivity contribution >= 4 is 17.6 Å². The lowest BCUT2D eigenvalue weighted by molar-refractivity contribution is -0.125. The summed E-state index contributed by atoms with van der Waals surface area (Å²) < 4.78 is 0. The van der Waals surface area contributed by atoms with Gasteiger partial charge in [0.2, 0.25) is 5.91 Å². The van der Waals surface area contributed by atoms with Crippen molar-refractivity contribution < 1.29 is 24.6 Å². The molecule has 1 aliphatic rings. The summed E-state index contributed by atoms with van der Waals surface area (Å²) in [5.41, 5.74) is 10.0. The first-order valence-corrected chi connectivity index (χ1v) is 5.40. The van der Waals surface area contributed by atoms with E-state index in [4.69, 9.17) is 16.6 Å². The molecule has 0 bridgehead atoms. The Morgan fingerprint density at radius 1 is 1.53 bits per heavy atom. The van der Waals surface area contributed by atoms with Gasteiger partial charge in [0.1, 0.15) is 23.9 Å². The zero-order valence-electron chi connectivity index (χ0n) is 9.92. The van der Waals surface area contributed by atoms with Crippen LogP contribution >= 0.6 is 0 Å². The van der Waals surface area contributed by atoms with E-state index >= 15 is 0 Å². The summed E-state index contributed by atoms with van der Waals surface area (Å²) in [5.74, 6) is -2.90. The fourth-order valence-electron chi connectivity index (χ4n) is 1.40. The summed E-state index contributed by atoms with van der Waals surface area (Å²) in [5, 5.41) is 22.6. The Labute approximate surface area is 108 Å². The van der Waals surface area contributed by atoms with E-state index in [9.17, 15) is 19.5 Å². The van der Waals surface area contributed by atoms with E-state index in [1.54, 1.807) is 0 Å². The fraction of sp³-hybridized carbons (Fsp3) is 0.400. The molecule has 9 nitrogen and oxygen atoms in total. The molecule has 0 aromatic carbocycles. The number of rotatable bonds is 6. The van der Waals surface area contributed by atoms with Crippen molar-refractivity contribution in [3.8, 4) is 0 Å². The lowest BCUT2D eigenvalue weighted by Gasteiger charge is -2.08. The first-order valence-electron chi connectivity index (χ1n) is 5.40. The maximum absolute atomic E-state index is 11.6. The van der Waals surface area contributed by atoms with E-state index in [1.165, 1.54) is 0 Å². The molecular weight excluding hydrogens is 256 g/mol. The zero-order chi connectivity index (χ0) is 14.6. The Kier molecular flexibility index (Phi) is 4.98. The van der Waals surface area contributed by atoms with Crippen LogP contribution in [0.3, 0.4) is 0 Å². The quantitative estimate of drug-likeness (QED) is 0.271. The molecule has 1 aliphatic heterocycles. The molecule has 1 radical (unpaired) electrons. The van der Waals surface area contributed by atoms with Gasteiger partial charge in [-0.3, -0.25) is 14.4 Å². The molecule has 2 amide bonds. The van der Waals surface area contributed by atoms with E-state index in [0.717, 1.165) is 0 Å². The van der Waals surface area contributed by atoms with Gasteiger partial charge in [-0.25, -0.2) is 0 Å². The maximum Gasteiger partial charge on any atom is 0.259 e. The molecule has 0 saturated heterocycles. The molecule has 8 N–H and O–H groups in total. The highest BCUT2D eigenvalue weighted by Gasteiger charge is 2.35. The number of Topliss-reactive ketones (excluding diaryl/α,β-unsaturated/α-hetero) is 1. The number of carbonyl (C=O) groups is 3. The normalized spacial score (nSPS) is 20.2. The van der Waals surface area contributed by atoms with Gasteiger partial charge in [0.15, 0.2) is 5.78 Å². The van der Waals surface area contributed by atoms with Crippen LogP contribution in [-0.4, -0.2) is 53.0 Å². The smallest absolute Gasteiger partial charge is 0.259 e.